The SMILES string of the molecule is Cc1cc2c(NC(C)C(C)C)nc(Cl)nc2s1. The number of hydrogen-bond acceptors (Lipinski definition) is 4. The van der Waals surface area contributed by atoms with Crippen LogP contribution in [0.5, 0.6) is 0 Å². The van der Waals surface area contributed by atoms with E-state index in [1.165, 1.54) is 4.88 Å². The molecule has 0 spiro atoms. The maximum atomic E-state index is 5.94. The molecule has 0 fully saturated rings. The van der Waals surface area contributed by atoms with Crippen LogP contribution in [-0.2, 0) is 0 Å². The van der Waals surface area contributed by atoms with Crippen LogP contribution in [0.2, 0.25) is 5.28 Å². The fourth-order valence-electron chi connectivity index (χ4n) is 1.51. The molecular weight excluding hydrogens is 254 g/mol. The van der Waals surface area contributed by atoms with E-state index in [0.29, 0.717) is 17.2 Å². The summed E-state index contributed by atoms with van der Waals surface area (Å²) < 4.78 is 0. The first-order valence-electron chi connectivity index (χ1n) is 5.67. The Bertz CT molecular complexity index is 536. The second-order valence-electron chi connectivity index (χ2n) is 4.59. The van der Waals surface area contributed by atoms with Gasteiger partial charge in [-0.25, -0.2) is 9.97 Å². The van der Waals surface area contributed by atoms with Crippen LogP contribution in [0.4, 0.5) is 5.82 Å². The first-order valence-corrected chi connectivity index (χ1v) is 6.87. The second kappa shape index (κ2) is 4.78. The van der Waals surface area contributed by atoms with E-state index < -0.39 is 0 Å². The minimum absolute atomic E-state index is 0.304. The predicted molar refractivity (Wildman–Crippen MR) is 75.1 cm³/mol. The van der Waals surface area contributed by atoms with Gasteiger partial charge in [0.25, 0.3) is 0 Å². The van der Waals surface area contributed by atoms with Gasteiger partial charge in [-0.2, -0.15) is 0 Å². The monoisotopic (exact) mass is 269 g/mol. The Labute approximate surface area is 110 Å². The van der Waals surface area contributed by atoms with Crippen molar-refractivity contribution >= 4 is 39.0 Å². The van der Waals surface area contributed by atoms with Crippen molar-refractivity contribution in [2.75, 3.05) is 5.32 Å². The molecule has 2 heterocycles. The number of aryl methyl sites for hydroxylation is 1. The van der Waals surface area contributed by atoms with Gasteiger partial charge in [-0.3, -0.25) is 0 Å². The molecule has 5 heteroatoms. The standard InChI is InChI=1S/C12H16ClN3S/c1-6(2)8(4)14-10-9-5-7(3)17-11(9)16-12(13)15-10/h5-6,8H,1-4H3,(H,14,15,16). The van der Waals surface area contributed by atoms with Crippen molar-refractivity contribution in [1.29, 1.82) is 0 Å². The Morgan fingerprint density at radius 2 is 2.00 bits per heavy atom. The second-order valence-corrected chi connectivity index (χ2v) is 6.17. The van der Waals surface area contributed by atoms with E-state index in [-0.39, 0.29) is 0 Å². The number of aromatic nitrogens is 2. The average Bonchev–Trinajstić information content (AvgIpc) is 2.58. The van der Waals surface area contributed by atoms with E-state index in [9.17, 15) is 0 Å². The molecule has 1 N–H and O–H groups in total. The lowest BCUT2D eigenvalue weighted by atomic mass is 10.1. The number of halogens is 1. The molecular formula is C12H16ClN3S. The van der Waals surface area contributed by atoms with E-state index in [1.54, 1.807) is 11.3 Å². The molecule has 92 valence electrons. The first-order chi connectivity index (χ1) is 7.97. The third-order valence-corrected chi connectivity index (χ3v) is 3.97. The van der Waals surface area contributed by atoms with Crippen LogP contribution >= 0.6 is 22.9 Å². The number of hydrogen-bond donors (Lipinski definition) is 1. The van der Waals surface area contributed by atoms with Crippen LogP contribution in [0.25, 0.3) is 10.2 Å². The maximum absolute atomic E-state index is 5.94. The Hall–Kier alpha value is -0.870. The summed E-state index contributed by atoms with van der Waals surface area (Å²) in [5, 5.41) is 4.77. The third kappa shape index (κ3) is 2.69. The van der Waals surface area contributed by atoms with Gasteiger partial charge in [0, 0.05) is 10.9 Å². The maximum Gasteiger partial charge on any atom is 0.225 e. The first kappa shape index (κ1) is 12.6. The average molecular weight is 270 g/mol. The van der Waals surface area contributed by atoms with Gasteiger partial charge < -0.3 is 5.32 Å². The van der Waals surface area contributed by atoms with Gasteiger partial charge in [-0.1, -0.05) is 13.8 Å². The van der Waals surface area contributed by atoms with E-state index in [1.807, 2.05) is 0 Å². The van der Waals surface area contributed by atoms with E-state index in [4.69, 9.17) is 11.6 Å². The molecule has 0 aromatic carbocycles. The zero-order valence-corrected chi connectivity index (χ0v) is 12.0. The van der Waals surface area contributed by atoms with Crippen LogP contribution in [0.1, 0.15) is 25.6 Å². The van der Waals surface area contributed by atoms with Crippen molar-refractivity contribution in [3.63, 3.8) is 0 Å². The lowest BCUT2D eigenvalue weighted by molar-refractivity contribution is 0.559. The summed E-state index contributed by atoms with van der Waals surface area (Å²) >= 11 is 7.58. The van der Waals surface area contributed by atoms with Crippen molar-refractivity contribution < 1.29 is 0 Å². The molecule has 3 nitrogen and oxygen atoms in total. The summed E-state index contributed by atoms with van der Waals surface area (Å²) in [5.41, 5.74) is 0. The number of fused-ring (bicyclic) bond motifs is 1. The largest absolute Gasteiger partial charge is 0.367 e. The summed E-state index contributed by atoms with van der Waals surface area (Å²) in [6.45, 7) is 8.56. The lowest BCUT2D eigenvalue weighted by Crippen LogP contribution is -2.22. The van der Waals surface area contributed by atoms with E-state index in [2.05, 4.69) is 49.0 Å². The highest BCUT2D eigenvalue weighted by atomic mass is 35.5. The molecule has 0 amide bonds. The summed E-state index contributed by atoms with van der Waals surface area (Å²) in [5.74, 6) is 1.38. The number of nitrogens with one attached hydrogen (secondary N) is 1. The molecule has 0 saturated carbocycles. The van der Waals surface area contributed by atoms with Gasteiger partial charge in [0.1, 0.15) is 10.6 Å². The van der Waals surface area contributed by atoms with Crippen LogP contribution in [0.3, 0.4) is 0 Å². The van der Waals surface area contributed by atoms with Gasteiger partial charge in [-0.05, 0) is 37.4 Å². The summed E-state index contributed by atoms with van der Waals surface area (Å²) in [7, 11) is 0. The summed E-state index contributed by atoms with van der Waals surface area (Å²) in [6.07, 6.45) is 0. The van der Waals surface area contributed by atoms with Crippen LogP contribution in [-0.4, -0.2) is 16.0 Å². The number of nitrogens with zero attached hydrogens (tertiary/aromatic N) is 2. The molecule has 1 unspecified atom stereocenters. The Kier molecular flexibility index (Phi) is 3.54. The van der Waals surface area contributed by atoms with Gasteiger partial charge >= 0.3 is 0 Å². The predicted octanol–water partition coefficient (Wildman–Crippen LogP) is 4.11. The fourth-order valence-corrected chi connectivity index (χ4v) is 2.61. The zero-order chi connectivity index (χ0) is 12.6. The highest BCUT2D eigenvalue weighted by Gasteiger charge is 2.13. The molecule has 2 aromatic heterocycles. The highest BCUT2D eigenvalue weighted by molar-refractivity contribution is 7.18. The van der Waals surface area contributed by atoms with Crippen molar-refractivity contribution in [3.8, 4) is 0 Å². The molecule has 0 saturated heterocycles. The van der Waals surface area contributed by atoms with Gasteiger partial charge in [-0.15, -0.1) is 11.3 Å². The topological polar surface area (TPSA) is 37.8 Å². The van der Waals surface area contributed by atoms with Crippen molar-refractivity contribution in [2.45, 2.75) is 33.7 Å². The van der Waals surface area contributed by atoms with Crippen LogP contribution in [0, 0.1) is 12.8 Å². The number of anilines is 1. The van der Waals surface area contributed by atoms with Gasteiger partial charge in [0.2, 0.25) is 5.28 Å². The normalized spacial score (nSPS) is 13.3. The Morgan fingerprint density at radius 1 is 1.29 bits per heavy atom. The zero-order valence-electron chi connectivity index (χ0n) is 10.4. The van der Waals surface area contributed by atoms with Crippen molar-refractivity contribution in [1.82, 2.24) is 9.97 Å². The van der Waals surface area contributed by atoms with Crippen LogP contribution in [0.15, 0.2) is 6.07 Å². The summed E-state index contributed by atoms with van der Waals surface area (Å²) in [4.78, 5) is 10.7. The smallest absolute Gasteiger partial charge is 0.225 e. The molecule has 0 aliphatic carbocycles. The molecule has 0 aliphatic rings. The molecule has 2 aromatic rings. The van der Waals surface area contributed by atoms with Crippen molar-refractivity contribution in [3.05, 3.63) is 16.2 Å². The molecule has 0 bridgehead atoms. The highest BCUT2D eigenvalue weighted by Crippen LogP contribution is 2.30. The molecule has 17 heavy (non-hydrogen) atoms. The minimum atomic E-state index is 0.304. The molecule has 0 aliphatic heterocycles. The quantitative estimate of drug-likeness (QED) is 0.852. The third-order valence-electron chi connectivity index (χ3n) is 2.85. The van der Waals surface area contributed by atoms with E-state index in [0.717, 1.165) is 16.0 Å². The molecule has 1 atom stereocenters. The van der Waals surface area contributed by atoms with Crippen molar-refractivity contribution in [2.24, 2.45) is 5.92 Å². The Balaban J connectivity index is 2.44. The van der Waals surface area contributed by atoms with Crippen LogP contribution < -0.4 is 5.32 Å². The van der Waals surface area contributed by atoms with Gasteiger partial charge in [0.05, 0.1) is 5.39 Å². The number of thiophene rings is 1. The van der Waals surface area contributed by atoms with E-state index >= 15 is 0 Å². The molecule has 2 rings (SSSR count). The minimum Gasteiger partial charge on any atom is -0.367 e. The fraction of sp³-hybridized carbons (Fsp3) is 0.500. The summed E-state index contributed by atoms with van der Waals surface area (Å²) in [6, 6.07) is 2.45. The Morgan fingerprint density at radius 3 is 2.65 bits per heavy atom. The lowest BCUT2D eigenvalue weighted by Gasteiger charge is -2.18. The van der Waals surface area contributed by atoms with Gasteiger partial charge in [0.15, 0.2) is 0 Å². The number of rotatable bonds is 3. The molecule has 0 radical (unpaired) electrons.